The summed E-state index contributed by atoms with van der Waals surface area (Å²) in [5, 5.41) is 1.15. The van der Waals surface area contributed by atoms with Crippen molar-refractivity contribution in [2.75, 3.05) is 25.0 Å². The smallest absolute Gasteiger partial charge is 0.00692 e. The molecule has 1 saturated heterocycles. The molecule has 0 aromatic rings. The summed E-state index contributed by atoms with van der Waals surface area (Å²) >= 11 is 3.55. The van der Waals surface area contributed by atoms with Crippen LogP contribution in [0.3, 0.4) is 0 Å². The zero-order valence-corrected chi connectivity index (χ0v) is 10.1. The molecule has 2 aliphatic rings. The first-order valence-corrected chi connectivity index (χ1v) is 6.65. The van der Waals surface area contributed by atoms with Crippen molar-refractivity contribution in [3.8, 4) is 0 Å². The minimum atomic E-state index is 0.784. The van der Waals surface area contributed by atoms with Crippen molar-refractivity contribution in [3.05, 3.63) is 0 Å². The van der Waals surface area contributed by atoms with Crippen molar-refractivity contribution in [3.63, 3.8) is 0 Å². The number of likely N-dealkylation sites (tertiary alicyclic amines) is 1. The van der Waals surface area contributed by atoms with Crippen molar-refractivity contribution in [2.45, 2.75) is 32.6 Å². The highest BCUT2D eigenvalue weighted by Gasteiger charge is 2.42. The molecule has 1 spiro atoms. The third-order valence-corrected chi connectivity index (χ3v) is 4.87. The molecule has 0 bridgehead atoms. The Bertz CT molecular complexity index is 177. The topological polar surface area (TPSA) is 3.24 Å². The van der Waals surface area contributed by atoms with Gasteiger partial charge in [0.05, 0.1) is 0 Å². The third kappa shape index (κ3) is 2.10. The molecule has 0 aromatic heterocycles. The van der Waals surface area contributed by atoms with Gasteiger partial charge in [-0.2, -0.15) is 0 Å². The molecule has 1 heterocycles. The molecule has 13 heavy (non-hydrogen) atoms. The third-order valence-electron chi connectivity index (χ3n) is 3.76. The molecule has 1 atom stereocenters. The Morgan fingerprint density at radius 1 is 1.38 bits per heavy atom. The van der Waals surface area contributed by atoms with Gasteiger partial charge in [0.25, 0.3) is 0 Å². The molecule has 0 N–H and O–H groups in total. The molecule has 2 heteroatoms. The lowest BCUT2D eigenvalue weighted by Gasteiger charge is -2.38. The molecule has 0 amide bonds. The number of alkyl halides is 1. The van der Waals surface area contributed by atoms with Crippen LogP contribution in [0.2, 0.25) is 0 Å². The summed E-state index contributed by atoms with van der Waals surface area (Å²) in [6, 6.07) is 0. The van der Waals surface area contributed by atoms with Crippen LogP contribution in [0, 0.1) is 11.3 Å². The van der Waals surface area contributed by atoms with E-state index >= 15 is 0 Å². The summed E-state index contributed by atoms with van der Waals surface area (Å²) in [5.74, 6) is 0.815. The van der Waals surface area contributed by atoms with Crippen molar-refractivity contribution in [1.29, 1.82) is 0 Å². The summed E-state index contributed by atoms with van der Waals surface area (Å²) in [4.78, 5) is 2.67. The minimum Gasteiger partial charge on any atom is -0.302 e. The lowest BCUT2D eigenvalue weighted by molar-refractivity contribution is 0.136. The predicted octanol–water partition coefficient (Wildman–Crippen LogP) is 2.89. The van der Waals surface area contributed by atoms with Crippen LogP contribution >= 0.6 is 15.9 Å². The highest BCUT2D eigenvalue weighted by molar-refractivity contribution is 9.09. The summed E-state index contributed by atoms with van der Waals surface area (Å²) in [7, 11) is 0. The molecule has 0 radical (unpaired) electrons. The van der Waals surface area contributed by atoms with E-state index in [2.05, 4.69) is 27.8 Å². The van der Waals surface area contributed by atoms with Gasteiger partial charge in [0.15, 0.2) is 0 Å². The highest BCUT2D eigenvalue weighted by atomic mass is 79.9. The first kappa shape index (κ1) is 9.97. The Kier molecular flexibility index (Phi) is 2.99. The molecule has 2 rings (SSSR count). The zero-order valence-electron chi connectivity index (χ0n) is 8.56. The van der Waals surface area contributed by atoms with Crippen LogP contribution in [-0.2, 0) is 0 Å². The maximum atomic E-state index is 3.55. The Morgan fingerprint density at radius 3 is 2.62 bits per heavy atom. The Labute approximate surface area is 90.0 Å². The molecule has 0 aromatic carbocycles. The summed E-state index contributed by atoms with van der Waals surface area (Å²) in [5.41, 5.74) is 0.784. The van der Waals surface area contributed by atoms with Gasteiger partial charge >= 0.3 is 0 Å². The molecule has 1 unspecified atom stereocenters. The van der Waals surface area contributed by atoms with Crippen LogP contribution in [0.25, 0.3) is 0 Å². The van der Waals surface area contributed by atoms with Gasteiger partial charge < -0.3 is 4.90 Å². The van der Waals surface area contributed by atoms with Crippen molar-refractivity contribution < 1.29 is 0 Å². The van der Waals surface area contributed by atoms with Crippen LogP contribution in [0.4, 0.5) is 0 Å². The average Bonchev–Trinajstić information content (AvgIpc) is 2.48. The molecule has 1 nitrogen and oxygen atoms in total. The standard InChI is InChI=1S/C11H20BrN/c1-10(7-12)8-13-6-5-11(9-13)3-2-4-11/h10H,2-9H2,1H3. The molecule has 2 fully saturated rings. The van der Waals surface area contributed by atoms with Crippen LogP contribution in [0.5, 0.6) is 0 Å². The number of halogens is 1. The lowest BCUT2D eigenvalue weighted by Crippen LogP contribution is -2.34. The van der Waals surface area contributed by atoms with Crippen LogP contribution in [-0.4, -0.2) is 29.9 Å². The van der Waals surface area contributed by atoms with Crippen molar-refractivity contribution in [1.82, 2.24) is 4.90 Å². The highest BCUT2D eigenvalue weighted by Crippen LogP contribution is 2.47. The molecular weight excluding hydrogens is 226 g/mol. The summed E-state index contributed by atoms with van der Waals surface area (Å²) < 4.78 is 0. The van der Waals surface area contributed by atoms with Crippen molar-refractivity contribution in [2.24, 2.45) is 11.3 Å². The predicted molar refractivity (Wildman–Crippen MR) is 60.3 cm³/mol. The van der Waals surface area contributed by atoms with Gasteiger partial charge in [0.2, 0.25) is 0 Å². The largest absolute Gasteiger partial charge is 0.302 e. The Balaban J connectivity index is 1.78. The van der Waals surface area contributed by atoms with Gasteiger partial charge in [-0.05, 0) is 37.1 Å². The molecule has 1 aliphatic heterocycles. The minimum absolute atomic E-state index is 0.784. The maximum Gasteiger partial charge on any atom is 0.00692 e. The summed E-state index contributed by atoms with van der Waals surface area (Å²) in [6.07, 6.45) is 5.97. The molecule has 76 valence electrons. The lowest BCUT2D eigenvalue weighted by atomic mass is 9.68. The summed E-state index contributed by atoms with van der Waals surface area (Å²) in [6.45, 7) is 6.38. The van der Waals surface area contributed by atoms with Crippen molar-refractivity contribution >= 4 is 15.9 Å². The van der Waals surface area contributed by atoms with Crippen LogP contribution < -0.4 is 0 Å². The second kappa shape index (κ2) is 3.90. The first-order chi connectivity index (χ1) is 6.24. The first-order valence-electron chi connectivity index (χ1n) is 5.52. The maximum absolute atomic E-state index is 3.55. The van der Waals surface area contributed by atoms with E-state index in [1.807, 2.05) is 0 Å². The quantitative estimate of drug-likeness (QED) is 0.692. The SMILES string of the molecule is CC(CBr)CN1CCC2(CCC2)C1. The molecular formula is C11H20BrN. The van der Waals surface area contributed by atoms with E-state index in [9.17, 15) is 0 Å². The van der Waals surface area contributed by atoms with E-state index in [-0.39, 0.29) is 0 Å². The van der Waals surface area contributed by atoms with E-state index in [0.717, 1.165) is 16.7 Å². The molecule has 1 saturated carbocycles. The Hall–Kier alpha value is 0.440. The van der Waals surface area contributed by atoms with Gasteiger partial charge in [-0.3, -0.25) is 0 Å². The van der Waals surface area contributed by atoms with E-state index in [0.29, 0.717) is 0 Å². The second-order valence-electron chi connectivity index (χ2n) is 5.10. The van der Waals surface area contributed by atoms with Gasteiger partial charge in [0.1, 0.15) is 0 Å². The molecule has 1 aliphatic carbocycles. The van der Waals surface area contributed by atoms with E-state index < -0.39 is 0 Å². The average molecular weight is 246 g/mol. The van der Waals surface area contributed by atoms with E-state index in [4.69, 9.17) is 0 Å². The van der Waals surface area contributed by atoms with Gasteiger partial charge in [-0.15, -0.1) is 0 Å². The zero-order chi connectivity index (χ0) is 9.31. The number of nitrogens with zero attached hydrogens (tertiary/aromatic N) is 1. The van der Waals surface area contributed by atoms with Crippen LogP contribution in [0.15, 0.2) is 0 Å². The van der Waals surface area contributed by atoms with E-state index in [1.165, 1.54) is 45.3 Å². The van der Waals surface area contributed by atoms with Gasteiger partial charge in [-0.25, -0.2) is 0 Å². The Morgan fingerprint density at radius 2 is 2.15 bits per heavy atom. The van der Waals surface area contributed by atoms with Gasteiger partial charge in [0, 0.05) is 18.4 Å². The van der Waals surface area contributed by atoms with Crippen LogP contribution in [0.1, 0.15) is 32.6 Å². The fourth-order valence-corrected chi connectivity index (χ4v) is 2.96. The normalized spacial score (nSPS) is 29.1. The van der Waals surface area contributed by atoms with E-state index in [1.54, 1.807) is 0 Å². The fraction of sp³-hybridized carbons (Fsp3) is 1.00. The number of hydrogen-bond donors (Lipinski definition) is 0. The monoisotopic (exact) mass is 245 g/mol. The number of hydrogen-bond acceptors (Lipinski definition) is 1. The second-order valence-corrected chi connectivity index (χ2v) is 5.75. The fourth-order valence-electron chi connectivity index (χ4n) is 2.76. The number of rotatable bonds is 3. The van der Waals surface area contributed by atoms with Gasteiger partial charge in [-0.1, -0.05) is 29.3 Å².